The smallest absolute Gasteiger partial charge is 0.264 e. The second-order valence-corrected chi connectivity index (χ2v) is 4.79. The average Bonchev–Trinajstić information content (AvgIpc) is 2.28. The molecule has 0 spiro atoms. The van der Waals surface area contributed by atoms with Crippen molar-refractivity contribution in [3.63, 3.8) is 0 Å². The van der Waals surface area contributed by atoms with Crippen molar-refractivity contribution in [2.24, 2.45) is 0 Å². The number of fused-ring (bicyclic) bond motifs is 1. The predicted molar refractivity (Wildman–Crippen MR) is 57.5 cm³/mol. The highest BCUT2D eigenvalue weighted by atomic mass is 32.2. The molecule has 2 aromatic rings. The molecular weight excluding hydrogens is 231 g/mol. The van der Waals surface area contributed by atoms with E-state index < -0.39 is 20.8 Å². The molecule has 0 atom stereocenters. The lowest BCUT2D eigenvalue weighted by Gasteiger charge is -2.04. The van der Waals surface area contributed by atoms with Gasteiger partial charge in [0.25, 0.3) is 10.1 Å². The Bertz CT molecular complexity index is 635. The molecule has 0 bridgehead atoms. The van der Waals surface area contributed by atoms with Gasteiger partial charge in [-0.25, -0.2) is 4.39 Å². The summed E-state index contributed by atoms with van der Waals surface area (Å²) in [5.41, 5.74) is 0. The summed E-state index contributed by atoms with van der Waals surface area (Å²) in [5, 5.41) is 1.25. The van der Waals surface area contributed by atoms with E-state index in [0.717, 1.165) is 6.07 Å². The third kappa shape index (κ3) is 1.79. The summed E-state index contributed by atoms with van der Waals surface area (Å²) in [6.45, 7) is 0. The Labute approximate surface area is 92.6 Å². The topological polar surface area (TPSA) is 43.4 Å². The van der Waals surface area contributed by atoms with Crippen molar-refractivity contribution in [1.82, 2.24) is 0 Å². The van der Waals surface area contributed by atoms with Crippen LogP contribution in [0.15, 0.2) is 41.3 Å². The molecule has 5 heteroatoms. The summed E-state index contributed by atoms with van der Waals surface area (Å²) in [5.74, 6) is -0.845. The van der Waals surface area contributed by atoms with E-state index in [-0.39, 0.29) is 0 Å². The van der Waals surface area contributed by atoms with Crippen molar-refractivity contribution in [2.45, 2.75) is 4.90 Å². The quantitative estimate of drug-likeness (QED) is 0.756. The van der Waals surface area contributed by atoms with Crippen molar-refractivity contribution >= 4 is 20.9 Å². The largest absolute Gasteiger partial charge is 0.300 e. The summed E-state index contributed by atoms with van der Waals surface area (Å²) >= 11 is 0. The Morgan fingerprint density at radius 1 is 1.12 bits per heavy atom. The van der Waals surface area contributed by atoms with Crippen LogP contribution in [-0.2, 0) is 14.3 Å². The van der Waals surface area contributed by atoms with Crippen molar-refractivity contribution in [3.05, 3.63) is 49.3 Å². The van der Waals surface area contributed by atoms with Gasteiger partial charge in [0.15, 0.2) is 0 Å². The lowest BCUT2D eigenvalue weighted by Crippen LogP contribution is -2.04. The van der Waals surface area contributed by atoms with Gasteiger partial charge in [-0.2, -0.15) is 8.42 Å². The van der Waals surface area contributed by atoms with Crippen LogP contribution in [0.3, 0.4) is 0 Å². The number of rotatable bonds is 2. The molecule has 0 saturated carbocycles. The fraction of sp³-hybridized carbons (Fsp3) is 0. The van der Waals surface area contributed by atoms with E-state index >= 15 is 0 Å². The van der Waals surface area contributed by atoms with Gasteiger partial charge in [-0.05, 0) is 22.9 Å². The highest BCUT2D eigenvalue weighted by Crippen LogP contribution is 2.23. The van der Waals surface area contributed by atoms with Gasteiger partial charge in [-0.3, -0.25) is 4.18 Å². The van der Waals surface area contributed by atoms with Crippen molar-refractivity contribution in [1.29, 1.82) is 0 Å². The van der Waals surface area contributed by atoms with Crippen LogP contribution in [0.4, 0.5) is 4.39 Å². The Hall–Kier alpha value is -1.46. The zero-order valence-electron chi connectivity index (χ0n) is 8.18. The maximum Gasteiger partial charge on any atom is 0.300 e. The molecule has 83 valence electrons. The first kappa shape index (κ1) is 11.0. The summed E-state index contributed by atoms with van der Waals surface area (Å²) < 4.78 is 40.2. The van der Waals surface area contributed by atoms with Crippen LogP contribution >= 0.6 is 0 Å². The van der Waals surface area contributed by atoms with Gasteiger partial charge < -0.3 is 0 Å². The van der Waals surface area contributed by atoms with E-state index in [0.29, 0.717) is 10.8 Å². The van der Waals surface area contributed by atoms with E-state index in [9.17, 15) is 12.8 Å². The Morgan fingerprint density at radius 3 is 2.25 bits per heavy atom. The first-order valence-electron chi connectivity index (χ1n) is 4.41. The number of halogens is 1. The number of benzene rings is 2. The van der Waals surface area contributed by atoms with Crippen LogP contribution < -0.4 is 0 Å². The highest BCUT2D eigenvalue weighted by molar-refractivity contribution is 7.86. The summed E-state index contributed by atoms with van der Waals surface area (Å²) in [6.07, 6.45) is 0. The summed E-state index contributed by atoms with van der Waals surface area (Å²) in [4.78, 5) is -0.499. The second kappa shape index (κ2) is 3.84. The molecule has 0 amide bonds. The minimum absolute atomic E-state index is 0.499. The molecule has 0 aromatic heterocycles. The summed E-state index contributed by atoms with van der Waals surface area (Å²) in [7, 11) is -1.31. The van der Waals surface area contributed by atoms with Gasteiger partial charge in [0.1, 0.15) is 10.7 Å². The minimum Gasteiger partial charge on any atom is -0.264 e. The molecule has 1 radical (unpaired) electrons. The van der Waals surface area contributed by atoms with Gasteiger partial charge >= 0.3 is 0 Å². The van der Waals surface area contributed by atoms with E-state index in [1.165, 1.54) is 6.07 Å². The number of hydrogen-bond acceptors (Lipinski definition) is 3. The molecule has 0 saturated heterocycles. The minimum atomic E-state index is -4.11. The molecule has 0 aliphatic carbocycles. The van der Waals surface area contributed by atoms with Gasteiger partial charge in [0, 0.05) is 0 Å². The van der Waals surface area contributed by atoms with E-state index in [1.54, 1.807) is 24.3 Å². The zero-order valence-corrected chi connectivity index (χ0v) is 9.00. The Kier molecular flexibility index (Phi) is 2.65. The molecular formula is C11H8FO3S. The fourth-order valence-electron chi connectivity index (χ4n) is 1.45. The standard InChI is InChI=1S/C11H8FO3S/c1-15-16(13,14)11-7-9-5-3-2-4-8(9)6-10(11)12/h2-7H,1H2. The van der Waals surface area contributed by atoms with Crippen LogP contribution in [0.2, 0.25) is 0 Å². The van der Waals surface area contributed by atoms with E-state index in [4.69, 9.17) is 0 Å². The molecule has 3 nitrogen and oxygen atoms in total. The molecule has 2 aromatic carbocycles. The van der Waals surface area contributed by atoms with Crippen LogP contribution in [0, 0.1) is 12.9 Å². The third-order valence-electron chi connectivity index (χ3n) is 2.22. The van der Waals surface area contributed by atoms with Crippen molar-refractivity contribution in [3.8, 4) is 0 Å². The Morgan fingerprint density at radius 2 is 1.69 bits per heavy atom. The Balaban J connectivity index is 2.78. The van der Waals surface area contributed by atoms with Gasteiger partial charge in [-0.1, -0.05) is 24.3 Å². The van der Waals surface area contributed by atoms with Gasteiger partial charge in [-0.15, -0.1) is 0 Å². The molecule has 0 N–H and O–H groups in total. The first-order valence-corrected chi connectivity index (χ1v) is 5.82. The first-order chi connectivity index (χ1) is 7.54. The lowest BCUT2D eigenvalue weighted by atomic mass is 10.1. The van der Waals surface area contributed by atoms with E-state index in [1.807, 2.05) is 0 Å². The highest BCUT2D eigenvalue weighted by Gasteiger charge is 2.19. The maximum atomic E-state index is 13.5. The van der Waals surface area contributed by atoms with Gasteiger partial charge in [0.2, 0.25) is 0 Å². The molecule has 0 fully saturated rings. The van der Waals surface area contributed by atoms with Crippen LogP contribution in [-0.4, -0.2) is 8.42 Å². The van der Waals surface area contributed by atoms with Crippen LogP contribution in [0.5, 0.6) is 0 Å². The van der Waals surface area contributed by atoms with Gasteiger partial charge in [0.05, 0.1) is 7.11 Å². The average molecular weight is 239 g/mol. The number of hydrogen-bond donors (Lipinski definition) is 0. The SMILES string of the molecule is [CH2]OS(=O)(=O)c1cc2ccccc2cc1F. The maximum absolute atomic E-state index is 13.5. The van der Waals surface area contributed by atoms with Crippen LogP contribution in [0.1, 0.15) is 0 Å². The zero-order chi connectivity index (χ0) is 11.8. The third-order valence-corrected chi connectivity index (χ3v) is 3.39. The molecule has 0 heterocycles. The van der Waals surface area contributed by atoms with Crippen LogP contribution in [0.25, 0.3) is 10.8 Å². The van der Waals surface area contributed by atoms with Crippen molar-refractivity contribution < 1.29 is 17.0 Å². The normalized spacial score (nSPS) is 11.9. The van der Waals surface area contributed by atoms with E-state index in [2.05, 4.69) is 11.3 Å². The molecule has 0 unspecified atom stereocenters. The molecule has 0 aliphatic heterocycles. The molecule has 2 rings (SSSR count). The monoisotopic (exact) mass is 239 g/mol. The molecule has 16 heavy (non-hydrogen) atoms. The second-order valence-electron chi connectivity index (χ2n) is 3.20. The lowest BCUT2D eigenvalue weighted by molar-refractivity contribution is 0.432. The summed E-state index contributed by atoms with van der Waals surface area (Å²) in [6, 6.07) is 9.25. The van der Waals surface area contributed by atoms with Crippen molar-refractivity contribution in [2.75, 3.05) is 0 Å². The predicted octanol–water partition coefficient (Wildman–Crippen LogP) is 2.48. The fourth-order valence-corrected chi connectivity index (χ4v) is 2.14. The molecule has 0 aliphatic rings.